The van der Waals surface area contributed by atoms with Gasteiger partial charge in [0.2, 0.25) is 0 Å². The predicted molar refractivity (Wildman–Crippen MR) is 73.9 cm³/mol. The highest BCUT2D eigenvalue weighted by Crippen LogP contribution is 2.28. The molecule has 1 aromatic carbocycles. The molecule has 4 nitrogen and oxygen atoms in total. The SMILES string of the molecule is CCOc1ccc(C(=O)N2CCCCC2)cc1OC. The summed E-state index contributed by atoms with van der Waals surface area (Å²) in [6.45, 7) is 4.21. The van der Waals surface area contributed by atoms with Crippen LogP contribution in [0.25, 0.3) is 0 Å². The van der Waals surface area contributed by atoms with Gasteiger partial charge in [0.1, 0.15) is 0 Å². The molecule has 1 aliphatic heterocycles. The summed E-state index contributed by atoms with van der Waals surface area (Å²) in [7, 11) is 1.59. The average Bonchev–Trinajstić information content (AvgIpc) is 2.48. The van der Waals surface area contributed by atoms with Gasteiger partial charge in [0.05, 0.1) is 13.7 Å². The second-order valence-electron chi connectivity index (χ2n) is 4.65. The van der Waals surface area contributed by atoms with E-state index in [2.05, 4.69) is 0 Å². The summed E-state index contributed by atoms with van der Waals surface area (Å²) in [5.74, 6) is 1.38. The maximum atomic E-state index is 12.4. The predicted octanol–water partition coefficient (Wildman–Crippen LogP) is 2.72. The van der Waals surface area contributed by atoms with Gasteiger partial charge in [-0.15, -0.1) is 0 Å². The molecule has 0 N–H and O–H groups in total. The lowest BCUT2D eigenvalue weighted by molar-refractivity contribution is 0.0724. The van der Waals surface area contributed by atoms with Crippen LogP contribution in [0.4, 0.5) is 0 Å². The van der Waals surface area contributed by atoms with Crippen molar-refractivity contribution in [1.29, 1.82) is 0 Å². The quantitative estimate of drug-likeness (QED) is 0.838. The van der Waals surface area contributed by atoms with E-state index in [1.165, 1.54) is 6.42 Å². The van der Waals surface area contributed by atoms with Crippen molar-refractivity contribution in [2.45, 2.75) is 26.2 Å². The molecule has 0 spiro atoms. The van der Waals surface area contributed by atoms with Crippen LogP contribution < -0.4 is 9.47 Å². The summed E-state index contributed by atoms with van der Waals surface area (Å²) in [6, 6.07) is 5.38. The van der Waals surface area contributed by atoms with Gasteiger partial charge in [0, 0.05) is 18.7 Å². The highest BCUT2D eigenvalue weighted by molar-refractivity contribution is 5.95. The average molecular weight is 263 g/mol. The maximum absolute atomic E-state index is 12.4. The Morgan fingerprint density at radius 1 is 1.21 bits per heavy atom. The number of carbonyl (C=O) groups excluding carboxylic acids is 1. The number of methoxy groups -OCH3 is 1. The fraction of sp³-hybridized carbons (Fsp3) is 0.533. The molecule has 1 heterocycles. The molecule has 1 amide bonds. The van der Waals surface area contributed by atoms with Crippen molar-refractivity contribution in [1.82, 2.24) is 4.90 Å². The fourth-order valence-electron chi connectivity index (χ4n) is 2.35. The van der Waals surface area contributed by atoms with Crippen molar-refractivity contribution in [3.05, 3.63) is 23.8 Å². The Balaban J connectivity index is 2.17. The third-order valence-corrected chi connectivity index (χ3v) is 3.35. The van der Waals surface area contributed by atoms with Crippen LogP contribution in [0.5, 0.6) is 11.5 Å². The maximum Gasteiger partial charge on any atom is 0.253 e. The molecule has 2 rings (SSSR count). The van der Waals surface area contributed by atoms with E-state index in [1.807, 2.05) is 17.9 Å². The van der Waals surface area contributed by atoms with Gasteiger partial charge in [-0.25, -0.2) is 0 Å². The molecule has 4 heteroatoms. The number of likely N-dealkylation sites (tertiary alicyclic amines) is 1. The van der Waals surface area contributed by atoms with Crippen LogP contribution in [0.3, 0.4) is 0 Å². The van der Waals surface area contributed by atoms with E-state index in [9.17, 15) is 4.79 Å². The van der Waals surface area contributed by atoms with Crippen LogP contribution in [0.15, 0.2) is 18.2 Å². The molecule has 0 radical (unpaired) electrons. The van der Waals surface area contributed by atoms with Crippen molar-refractivity contribution < 1.29 is 14.3 Å². The molecule has 1 saturated heterocycles. The minimum atomic E-state index is 0.0843. The second-order valence-corrected chi connectivity index (χ2v) is 4.65. The van der Waals surface area contributed by atoms with Gasteiger partial charge in [-0.05, 0) is 44.4 Å². The van der Waals surface area contributed by atoms with E-state index in [0.29, 0.717) is 23.7 Å². The molecule has 1 aliphatic rings. The number of ether oxygens (including phenoxy) is 2. The molecule has 19 heavy (non-hydrogen) atoms. The molecular formula is C15H21NO3. The molecule has 0 bridgehead atoms. The summed E-state index contributed by atoms with van der Waals surface area (Å²) in [5.41, 5.74) is 0.669. The van der Waals surface area contributed by atoms with E-state index in [4.69, 9.17) is 9.47 Å². The van der Waals surface area contributed by atoms with E-state index in [0.717, 1.165) is 25.9 Å². The Bertz CT molecular complexity index is 439. The van der Waals surface area contributed by atoms with Gasteiger partial charge >= 0.3 is 0 Å². The van der Waals surface area contributed by atoms with E-state index in [1.54, 1.807) is 19.2 Å². The normalized spacial score (nSPS) is 15.2. The van der Waals surface area contributed by atoms with Crippen LogP contribution in [0, 0.1) is 0 Å². The number of carbonyl (C=O) groups is 1. The first-order valence-electron chi connectivity index (χ1n) is 6.86. The molecule has 1 fully saturated rings. The monoisotopic (exact) mass is 263 g/mol. The van der Waals surface area contributed by atoms with E-state index >= 15 is 0 Å². The summed E-state index contributed by atoms with van der Waals surface area (Å²) in [4.78, 5) is 14.3. The van der Waals surface area contributed by atoms with Crippen molar-refractivity contribution in [3.8, 4) is 11.5 Å². The molecule has 1 aromatic rings. The van der Waals surface area contributed by atoms with Gasteiger partial charge in [-0.2, -0.15) is 0 Å². The number of benzene rings is 1. The summed E-state index contributed by atoms with van der Waals surface area (Å²) < 4.78 is 10.7. The van der Waals surface area contributed by atoms with Gasteiger partial charge in [0.15, 0.2) is 11.5 Å². The van der Waals surface area contributed by atoms with E-state index < -0.39 is 0 Å². The van der Waals surface area contributed by atoms with E-state index in [-0.39, 0.29) is 5.91 Å². The lowest BCUT2D eigenvalue weighted by Crippen LogP contribution is -2.35. The molecule has 0 saturated carbocycles. The number of hydrogen-bond donors (Lipinski definition) is 0. The smallest absolute Gasteiger partial charge is 0.253 e. The number of piperidine rings is 1. The zero-order chi connectivity index (χ0) is 13.7. The minimum absolute atomic E-state index is 0.0843. The minimum Gasteiger partial charge on any atom is -0.493 e. The van der Waals surface area contributed by atoms with Crippen molar-refractivity contribution in [3.63, 3.8) is 0 Å². The summed E-state index contributed by atoms with van der Waals surface area (Å²) >= 11 is 0. The van der Waals surface area contributed by atoms with Gasteiger partial charge in [-0.3, -0.25) is 4.79 Å². The number of hydrogen-bond acceptors (Lipinski definition) is 3. The Morgan fingerprint density at radius 3 is 2.58 bits per heavy atom. The van der Waals surface area contributed by atoms with Crippen molar-refractivity contribution in [2.24, 2.45) is 0 Å². The highest BCUT2D eigenvalue weighted by atomic mass is 16.5. The Hall–Kier alpha value is -1.71. The van der Waals surface area contributed by atoms with Gasteiger partial charge in [-0.1, -0.05) is 0 Å². The first-order chi connectivity index (χ1) is 9.26. The molecule has 0 aliphatic carbocycles. The highest BCUT2D eigenvalue weighted by Gasteiger charge is 2.19. The topological polar surface area (TPSA) is 38.8 Å². The number of rotatable bonds is 4. The summed E-state index contributed by atoms with van der Waals surface area (Å²) in [5, 5.41) is 0. The van der Waals surface area contributed by atoms with Gasteiger partial charge in [0.25, 0.3) is 5.91 Å². The molecular weight excluding hydrogens is 242 g/mol. The van der Waals surface area contributed by atoms with Crippen LogP contribution in [0.2, 0.25) is 0 Å². The Kier molecular flexibility index (Phi) is 4.66. The lowest BCUT2D eigenvalue weighted by Gasteiger charge is -2.27. The number of nitrogens with zero attached hydrogens (tertiary/aromatic N) is 1. The molecule has 0 unspecified atom stereocenters. The Morgan fingerprint density at radius 2 is 1.95 bits per heavy atom. The standard InChI is InChI=1S/C15H21NO3/c1-3-19-13-8-7-12(11-14(13)18-2)15(17)16-9-5-4-6-10-16/h7-8,11H,3-6,9-10H2,1-2H3. The number of amides is 1. The summed E-state index contributed by atoms with van der Waals surface area (Å²) in [6.07, 6.45) is 3.41. The van der Waals surface area contributed by atoms with Crippen LogP contribution in [0.1, 0.15) is 36.5 Å². The van der Waals surface area contributed by atoms with Crippen molar-refractivity contribution >= 4 is 5.91 Å². The third-order valence-electron chi connectivity index (χ3n) is 3.35. The zero-order valence-electron chi connectivity index (χ0n) is 11.6. The first-order valence-corrected chi connectivity index (χ1v) is 6.86. The van der Waals surface area contributed by atoms with Crippen LogP contribution in [-0.4, -0.2) is 37.6 Å². The van der Waals surface area contributed by atoms with Crippen LogP contribution in [-0.2, 0) is 0 Å². The molecule has 0 aromatic heterocycles. The van der Waals surface area contributed by atoms with Crippen molar-refractivity contribution in [2.75, 3.05) is 26.8 Å². The lowest BCUT2D eigenvalue weighted by atomic mass is 10.1. The van der Waals surface area contributed by atoms with Gasteiger partial charge < -0.3 is 14.4 Å². The first kappa shape index (κ1) is 13.7. The van der Waals surface area contributed by atoms with Crippen LogP contribution >= 0.6 is 0 Å². The Labute approximate surface area is 114 Å². The largest absolute Gasteiger partial charge is 0.493 e. The molecule has 104 valence electrons. The zero-order valence-corrected chi connectivity index (χ0v) is 11.6. The third kappa shape index (κ3) is 3.19. The molecule has 0 atom stereocenters. The fourth-order valence-corrected chi connectivity index (χ4v) is 2.35. The second kappa shape index (κ2) is 6.45.